The number of nitrogens with zero attached hydrogens (tertiary/aromatic N) is 3. The van der Waals surface area contributed by atoms with E-state index in [2.05, 4.69) is 15.0 Å². The second kappa shape index (κ2) is 5.75. The fourth-order valence-corrected chi connectivity index (χ4v) is 2.27. The molecule has 0 aliphatic rings. The van der Waals surface area contributed by atoms with Crippen LogP contribution in [0.2, 0.25) is 0 Å². The number of halogens is 1. The zero-order chi connectivity index (χ0) is 14.8. The smallest absolute Gasteiger partial charge is 0.223 e. The van der Waals surface area contributed by atoms with Gasteiger partial charge >= 0.3 is 0 Å². The number of rotatable bonds is 3. The van der Waals surface area contributed by atoms with Crippen molar-refractivity contribution < 1.29 is 4.39 Å². The number of aromatic nitrogens is 3. The first kappa shape index (κ1) is 14.7. The minimum Gasteiger partial charge on any atom is -0.368 e. The molecule has 2 N–H and O–H groups in total. The molecule has 0 bridgehead atoms. The van der Waals surface area contributed by atoms with Gasteiger partial charge in [-0.25, -0.2) is 9.37 Å². The summed E-state index contributed by atoms with van der Waals surface area (Å²) >= 11 is 1.54. The Balaban J connectivity index is 2.13. The summed E-state index contributed by atoms with van der Waals surface area (Å²) in [6, 6.07) is 6.33. The third-order valence-corrected chi connectivity index (χ3v) is 3.56. The molecule has 0 saturated heterocycles. The molecule has 0 aliphatic carbocycles. The average molecular weight is 292 g/mol. The van der Waals surface area contributed by atoms with Crippen LogP contribution >= 0.6 is 11.8 Å². The molecule has 6 heteroatoms. The molecular weight excluding hydrogens is 275 g/mol. The molecule has 1 aromatic carbocycles. The molecular formula is C14H17FN4S. The molecule has 2 aromatic rings. The van der Waals surface area contributed by atoms with Gasteiger partial charge in [0.15, 0.2) is 0 Å². The van der Waals surface area contributed by atoms with E-state index in [0.29, 0.717) is 17.4 Å². The van der Waals surface area contributed by atoms with Crippen LogP contribution in [-0.4, -0.2) is 15.0 Å². The van der Waals surface area contributed by atoms with Crippen LogP contribution in [0.25, 0.3) is 0 Å². The predicted molar refractivity (Wildman–Crippen MR) is 78.9 cm³/mol. The summed E-state index contributed by atoms with van der Waals surface area (Å²) in [5.74, 6) is 1.88. The van der Waals surface area contributed by atoms with Crippen molar-refractivity contribution >= 4 is 17.7 Å². The zero-order valence-electron chi connectivity index (χ0n) is 11.7. The van der Waals surface area contributed by atoms with Crippen molar-refractivity contribution in [3.8, 4) is 0 Å². The molecule has 0 spiro atoms. The second-order valence-corrected chi connectivity index (χ2v) is 6.47. The number of nitrogen functional groups attached to an aromatic ring is 1. The lowest BCUT2D eigenvalue weighted by Crippen LogP contribution is -2.19. The van der Waals surface area contributed by atoms with E-state index < -0.39 is 0 Å². The quantitative estimate of drug-likeness (QED) is 0.880. The highest BCUT2D eigenvalue weighted by Crippen LogP contribution is 2.23. The van der Waals surface area contributed by atoms with Crippen molar-refractivity contribution in [1.82, 2.24) is 15.0 Å². The summed E-state index contributed by atoms with van der Waals surface area (Å²) in [5.41, 5.74) is 5.55. The highest BCUT2D eigenvalue weighted by molar-refractivity contribution is 7.98. The Morgan fingerprint density at radius 1 is 1.10 bits per heavy atom. The summed E-state index contributed by atoms with van der Waals surface area (Å²) in [4.78, 5) is 13.7. The van der Waals surface area contributed by atoms with Gasteiger partial charge in [-0.2, -0.15) is 9.97 Å². The fourth-order valence-electron chi connectivity index (χ4n) is 1.52. The molecule has 0 saturated carbocycles. The zero-order valence-corrected chi connectivity index (χ0v) is 12.5. The molecule has 0 radical (unpaired) electrons. The van der Waals surface area contributed by atoms with Gasteiger partial charge in [0.25, 0.3) is 0 Å². The van der Waals surface area contributed by atoms with Gasteiger partial charge in [0.1, 0.15) is 17.5 Å². The highest BCUT2D eigenvalue weighted by Gasteiger charge is 2.19. The minimum absolute atomic E-state index is 0.174. The molecule has 0 fully saturated rings. The number of hydrogen-bond acceptors (Lipinski definition) is 5. The van der Waals surface area contributed by atoms with E-state index in [4.69, 9.17) is 5.73 Å². The standard InChI is InChI=1S/C14H17FN4S/c1-14(2,3)12-17-11(18-13(16)19-12)8-20-10-6-4-9(15)5-7-10/h4-7H,8H2,1-3H3,(H2,16,17,18,19). The van der Waals surface area contributed by atoms with Crippen LogP contribution in [0.3, 0.4) is 0 Å². The summed E-state index contributed by atoms with van der Waals surface area (Å²) in [7, 11) is 0. The first-order valence-electron chi connectivity index (χ1n) is 6.24. The average Bonchev–Trinajstić information content (AvgIpc) is 2.36. The van der Waals surface area contributed by atoms with Gasteiger partial charge in [-0.15, -0.1) is 11.8 Å². The number of benzene rings is 1. The van der Waals surface area contributed by atoms with Gasteiger partial charge in [-0.05, 0) is 24.3 Å². The van der Waals surface area contributed by atoms with Crippen LogP contribution in [0.15, 0.2) is 29.2 Å². The van der Waals surface area contributed by atoms with E-state index in [1.54, 1.807) is 12.1 Å². The Hall–Kier alpha value is -1.69. The number of anilines is 1. The van der Waals surface area contributed by atoms with Gasteiger partial charge in [-0.1, -0.05) is 20.8 Å². The normalized spacial score (nSPS) is 11.6. The topological polar surface area (TPSA) is 64.7 Å². The van der Waals surface area contributed by atoms with E-state index in [0.717, 1.165) is 4.90 Å². The maximum Gasteiger partial charge on any atom is 0.223 e. The van der Waals surface area contributed by atoms with Crippen molar-refractivity contribution in [1.29, 1.82) is 0 Å². The lowest BCUT2D eigenvalue weighted by Gasteiger charge is -2.17. The van der Waals surface area contributed by atoms with Crippen molar-refractivity contribution in [2.24, 2.45) is 0 Å². The van der Waals surface area contributed by atoms with Crippen LogP contribution in [0.4, 0.5) is 10.3 Å². The van der Waals surface area contributed by atoms with Crippen LogP contribution in [0, 0.1) is 5.82 Å². The van der Waals surface area contributed by atoms with Crippen molar-refractivity contribution in [3.05, 3.63) is 41.7 Å². The Kier molecular flexibility index (Phi) is 4.23. The van der Waals surface area contributed by atoms with E-state index >= 15 is 0 Å². The Morgan fingerprint density at radius 2 is 1.75 bits per heavy atom. The molecule has 0 amide bonds. The number of nitrogens with two attached hydrogens (primary N) is 1. The van der Waals surface area contributed by atoms with Gasteiger partial charge in [0.05, 0.1) is 5.75 Å². The van der Waals surface area contributed by atoms with Gasteiger partial charge < -0.3 is 5.73 Å². The summed E-state index contributed by atoms with van der Waals surface area (Å²) < 4.78 is 12.8. The molecule has 20 heavy (non-hydrogen) atoms. The Labute approximate surface area is 122 Å². The summed E-state index contributed by atoms with van der Waals surface area (Å²) in [6.07, 6.45) is 0. The molecule has 4 nitrogen and oxygen atoms in total. The molecule has 2 rings (SSSR count). The van der Waals surface area contributed by atoms with E-state index in [1.165, 1.54) is 23.9 Å². The number of hydrogen-bond donors (Lipinski definition) is 1. The Bertz CT molecular complexity index is 593. The number of thioether (sulfide) groups is 1. The third-order valence-electron chi connectivity index (χ3n) is 2.55. The summed E-state index contributed by atoms with van der Waals surface area (Å²) in [5, 5.41) is 0. The minimum atomic E-state index is -0.242. The molecule has 0 unspecified atom stereocenters. The first-order chi connectivity index (χ1) is 9.34. The van der Waals surface area contributed by atoms with Crippen LogP contribution in [0.5, 0.6) is 0 Å². The van der Waals surface area contributed by atoms with Crippen molar-refractivity contribution in [2.75, 3.05) is 5.73 Å². The van der Waals surface area contributed by atoms with Gasteiger partial charge in [-0.3, -0.25) is 0 Å². The molecule has 1 aromatic heterocycles. The largest absolute Gasteiger partial charge is 0.368 e. The first-order valence-corrected chi connectivity index (χ1v) is 7.22. The molecule has 0 atom stereocenters. The second-order valence-electron chi connectivity index (χ2n) is 5.43. The fraction of sp³-hybridized carbons (Fsp3) is 0.357. The van der Waals surface area contributed by atoms with Gasteiger partial charge in [0.2, 0.25) is 5.95 Å². The lowest BCUT2D eigenvalue weighted by atomic mass is 9.96. The monoisotopic (exact) mass is 292 g/mol. The van der Waals surface area contributed by atoms with Gasteiger partial charge in [0, 0.05) is 10.3 Å². The molecule has 1 heterocycles. The third kappa shape index (κ3) is 3.90. The van der Waals surface area contributed by atoms with E-state index in [9.17, 15) is 4.39 Å². The predicted octanol–water partition coefficient (Wildman–Crippen LogP) is 3.18. The molecule has 0 aliphatic heterocycles. The lowest BCUT2D eigenvalue weighted by molar-refractivity contribution is 0.539. The summed E-state index contributed by atoms with van der Waals surface area (Å²) in [6.45, 7) is 6.08. The van der Waals surface area contributed by atoms with Crippen LogP contribution in [0.1, 0.15) is 32.4 Å². The Morgan fingerprint density at radius 3 is 2.35 bits per heavy atom. The maximum atomic E-state index is 12.8. The molecule has 106 valence electrons. The van der Waals surface area contributed by atoms with Crippen LogP contribution in [-0.2, 0) is 11.2 Å². The SMILES string of the molecule is CC(C)(C)c1nc(N)nc(CSc2ccc(F)cc2)n1. The van der Waals surface area contributed by atoms with Crippen molar-refractivity contribution in [2.45, 2.75) is 36.8 Å². The van der Waals surface area contributed by atoms with Crippen LogP contribution < -0.4 is 5.73 Å². The van der Waals surface area contributed by atoms with E-state index in [1.807, 2.05) is 20.8 Å². The van der Waals surface area contributed by atoms with Crippen molar-refractivity contribution in [3.63, 3.8) is 0 Å². The van der Waals surface area contributed by atoms with E-state index in [-0.39, 0.29) is 17.2 Å². The highest BCUT2D eigenvalue weighted by atomic mass is 32.2. The maximum absolute atomic E-state index is 12.8.